The summed E-state index contributed by atoms with van der Waals surface area (Å²) in [6, 6.07) is 7.42. The third-order valence-corrected chi connectivity index (χ3v) is 6.66. The zero-order valence-electron chi connectivity index (χ0n) is 14.3. The van der Waals surface area contributed by atoms with Crippen molar-refractivity contribution >= 4 is 20.8 Å². The number of ether oxygens (including phenoxy) is 1. The van der Waals surface area contributed by atoms with Gasteiger partial charge in [0.15, 0.2) is 0 Å². The van der Waals surface area contributed by atoms with E-state index in [0.29, 0.717) is 6.42 Å². The Hall–Kier alpha value is -1.67. The fraction of sp³-hybridized carbons (Fsp3) is 0.438. The van der Waals surface area contributed by atoms with E-state index in [1.807, 2.05) is 31.2 Å². The van der Waals surface area contributed by atoms with Crippen molar-refractivity contribution in [3.05, 3.63) is 35.9 Å². The molecule has 0 fully saturated rings. The highest BCUT2D eigenvalue weighted by molar-refractivity contribution is 6.62. The summed E-state index contributed by atoms with van der Waals surface area (Å²) < 4.78 is 21.4. The topological polar surface area (TPSA) is 66.0 Å². The van der Waals surface area contributed by atoms with E-state index in [-0.39, 0.29) is 11.6 Å². The van der Waals surface area contributed by atoms with Crippen molar-refractivity contribution in [2.45, 2.75) is 19.0 Å². The molecule has 1 N–H and O–H groups in total. The summed E-state index contributed by atoms with van der Waals surface area (Å²) in [5.74, 6) is 0.546. The van der Waals surface area contributed by atoms with Crippen LogP contribution in [0.25, 0.3) is 6.08 Å². The molecule has 0 radical (unpaired) electrons. The fourth-order valence-electron chi connectivity index (χ4n) is 2.22. The van der Waals surface area contributed by atoms with Crippen molar-refractivity contribution in [3.8, 4) is 5.75 Å². The van der Waals surface area contributed by atoms with Gasteiger partial charge >= 0.3 is 8.80 Å². The average molecular weight is 339 g/mol. The van der Waals surface area contributed by atoms with E-state index >= 15 is 0 Å². The van der Waals surface area contributed by atoms with Gasteiger partial charge in [-0.2, -0.15) is 0 Å². The maximum Gasteiger partial charge on any atom is 0.523 e. The molecule has 1 amide bonds. The predicted molar refractivity (Wildman–Crippen MR) is 91.0 cm³/mol. The molecule has 6 nitrogen and oxygen atoms in total. The van der Waals surface area contributed by atoms with Gasteiger partial charge in [0.1, 0.15) is 5.75 Å². The number of hydrogen-bond donors (Lipinski definition) is 1. The minimum Gasteiger partial charge on any atom is -0.497 e. The molecule has 7 heteroatoms. The van der Waals surface area contributed by atoms with E-state index in [0.717, 1.165) is 11.3 Å². The first-order valence-corrected chi connectivity index (χ1v) is 9.13. The van der Waals surface area contributed by atoms with Crippen molar-refractivity contribution in [2.75, 3.05) is 28.4 Å². The number of methoxy groups -OCH3 is 1. The van der Waals surface area contributed by atoms with Crippen LogP contribution in [-0.4, -0.2) is 48.8 Å². The zero-order valence-corrected chi connectivity index (χ0v) is 15.3. The van der Waals surface area contributed by atoms with Crippen LogP contribution in [0, 0.1) is 0 Å². The van der Waals surface area contributed by atoms with E-state index < -0.39 is 8.80 Å². The number of nitrogens with one attached hydrogen (secondary N) is 1. The second-order valence-electron chi connectivity index (χ2n) is 4.79. The Morgan fingerprint density at radius 1 is 1.13 bits per heavy atom. The van der Waals surface area contributed by atoms with E-state index in [1.165, 1.54) is 27.4 Å². The summed E-state index contributed by atoms with van der Waals surface area (Å²) in [6.45, 7) is 1.94. The Labute approximate surface area is 138 Å². The molecule has 0 aliphatic heterocycles. The van der Waals surface area contributed by atoms with Crippen LogP contribution >= 0.6 is 0 Å². The van der Waals surface area contributed by atoms with Crippen LogP contribution in [0.4, 0.5) is 0 Å². The molecule has 0 saturated heterocycles. The Kier molecular flexibility index (Phi) is 7.97. The summed E-state index contributed by atoms with van der Waals surface area (Å²) in [5.41, 5.74) is 0.596. The van der Waals surface area contributed by atoms with Crippen molar-refractivity contribution in [1.29, 1.82) is 0 Å². The first-order chi connectivity index (χ1) is 11.0. The highest BCUT2D eigenvalue weighted by Gasteiger charge is 2.47. The number of carbonyl (C=O) groups is 1. The molecule has 1 atom stereocenters. The largest absolute Gasteiger partial charge is 0.523 e. The molecule has 1 aromatic rings. The lowest BCUT2D eigenvalue weighted by atomic mass is 10.2. The summed E-state index contributed by atoms with van der Waals surface area (Å²) in [7, 11) is 3.29. The third kappa shape index (κ3) is 5.17. The second kappa shape index (κ2) is 9.46. The van der Waals surface area contributed by atoms with Crippen LogP contribution in [0.3, 0.4) is 0 Å². The standard InChI is InChI=1S/C16H25NO5Si/c1-6-16(23(20-3,21-4)22-5)17-15(18)12-9-13-7-10-14(19-2)11-8-13/h7-12,16H,6H2,1-5H3,(H,17,18)/b12-9+. The summed E-state index contributed by atoms with van der Waals surface area (Å²) in [4.78, 5) is 12.1. The minimum atomic E-state index is -2.91. The van der Waals surface area contributed by atoms with Crippen molar-refractivity contribution in [1.82, 2.24) is 5.32 Å². The van der Waals surface area contributed by atoms with E-state index in [1.54, 1.807) is 13.2 Å². The lowest BCUT2D eigenvalue weighted by molar-refractivity contribution is -0.117. The molecular weight excluding hydrogens is 314 g/mol. The molecule has 1 unspecified atom stereocenters. The molecule has 23 heavy (non-hydrogen) atoms. The van der Waals surface area contributed by atoms with Gasteiger partial charge in [-0.15, -0.1) is 0 Å². The fourth-order valence-corrected chi connectivity index (χ4v) is 4.40. The summed E-state index contributed by atoms with van der Waals surface area (Å²) >= 11 is 0. The molecule has 0 saturated carbocycles. The van der Waals surface area contributed by atoms with Crippen LogP contribution in [0.1, 0.15) is 18.9 Å². The third-order valence-electron chi connectivity index (χ3n) is 3.55. The highest BCUT2D eigenvalue weighted by atomic mass is 28.4. The molecular formula is C16H25NO5Si. The first kappa shape index (κ1) is 19.4. The summed E-state index contributed by atoms with van der Waals surface area (Å²) in [5, 5.41) is 2.89. The normalized spacial score (nSPS) is 13.1. The molecule has 0 heterocycles. The molecule has 0 aliphatic rings. The lowest BCUT2D eigenvalue weighted by Gasteiger charge is -2.31. The smallest absolute Gasteiger partial charge is 0.497 e. The molecule has 0 bridgehead atoms. The van der Waals surface area contributed by atoms with Gasteiger partial charge in [0.05, 0.1) is 12.8 Å². The number of amides is 1. The minimum absolute atomic E-state index is 0.226. The van der Waals surface area contributed by atoms with Crippen molar-refractivity contribution in [2.24, 2.45) is 0 Å². The van der Waals surface area contributed by atoms with Crippen LogP contribution in [0.2, 0.25) is 0 Å². The maximum absolute atomic E-state index is 12.1. The summed E-state index contributed by atoms with van der Waals surface area (Å²) in [6.07, 6.45) is 3.85. The molecule has 0 spiro atoms. The van der Waals surface area contributed by atoms with Crippen LogP contribution in [0.15, 0.2) is 30.3 Å². The van der Waals surface area contributed by atoms with Crippen molar-refractivity contribution in [3.63, 3.8) is 0 Å². The molecule has 0 aliphatic carbocycles. The Morgan fingerprint density at radius 3 is 2.13 bits per heavy atom. The predicted octanol–water partition coefficient (Wildman–Crippen LogP) is 2.02. The van der Waals surface area contributed by atoms with Crippen molar-refractivity contribution < 1.29 is 22.8 Å². The quantitative estimate of drug-likeness (QED) is 0.551. The van der Waals surface area contributed by atoms with Gasteiger partial charge in [-0.1, -0.05) is 19.1 Å². The van der Waals surface area contributed by atoms with Gasteiger partial charge in [-0.25, -0.2) is 0 Å². The zero-order chi connectivity index (χ0) is 17.3. The van der Waals surface area contributed by atoms with Gasteiger partial charge in [0, 0.05) is 27.4 Å². The molecule has 1 rings (SSSR count). The Balaban J connectivity index is 2.74. The van der Waals surface area contributed by atoms with Crippen LogP contribution < -0.4 is 10.1 Å². The molecule has 1 aromatic carbocycles. The van der Waals surface area contributed by atoms with Gasteiger partial charge in [-0.05, 0) is 30.2 Å². The lowest BCUT2D eigenvalue weighted by Crippen LogP contribution is -2.61. The van der Waals surface area contributed by atoms with Crippen LogP contribution in [0.5, 0.6) is 5.75 Å². The number of benzene rings is 1. The Morgan fingerprint density at radius 2 is 1.70 bits per heavy atom. The monoisotopic (exact) mass is 339 g/mol. The Bertz CT molecular complexity index is 505. The van der Waals surface area contributed by atoms with Gasteiger partial charge in [0.25, 0.3) is 0 Å². The number of carbonyl (C=O) groups excluding carboxylic acids is 1. The van der Waals surface area contributed by atoms with Gasteiger partial charge < -0.3 is 23.3 Å². The maximum atomic E-state index is 12.1. The molecule has 0 aromatic heterocycles. The molecule has 128 valence electrons. The number of hydrogen-bond acceptors (Lipinski definition) is 5. The van der Waals surface area contributed by atoms with Gasteiger partial charge in [-0.3, -0.25) is 4.79 Å². The number of rotatable bonds is 9. The average Bonchev–Trinajstić information content (AvgIpc) is 2.61. The SMILES string of the molecule is CCC(NC(=O)/C=C/c1ccc(OC)cc1)[Si](OC)(OC)OC. The van der Waals surface area contributed by atoms with Gasteiger partial charge in [0.2, 0.25) is 5.91 Å². The van der Waals surface area contributed by atoms with E-state index in [2.05, 4.69) is 5.32 Å². The second-order valence-corrected chi connectivity index (χ2v) is 7.92. The van der Waals surface area contributed by atoms with E-state index in [4.69, 9.17) is 18.0 Å². The van der Waals surface area contributed by atoms with E-state index in [9.17, 15) is 4.79 Å². The van der Waals surface area contributed by atoms with Crippen LogP contribution in [-0.2, 0) is 18.1 Å². The highest BCUT2D eigenvalue weighted by Crippen LogP contribution is 2.15. The first-order valence-electron chi connectivity index (χ1n) is 7.33.